The lowest BCUT2D eigenvalue weighted by Gasteiger charge is -2.27. The number of nitrogens with zero attached hydrogens (tertiary/aromatic N) is 8. The maximum Gasteiger partial charge on any atom is 0.320 e. The van der Waals surface area contributed by atoms with Crippen molar-refractivity contribution in [3.05, 3.63) is 16.8 Å². The van der Waals surface area contributed by atoms with E-state index in [0.29, 0.717) is 56.1 Å². The summed E-state index contributed by atoms with van der Waals surface area (Å²) in [5, 5.41) is 37.6. The summed E-state index contributed by atoms with van der Waals surface area (Å²) in [7, 11) is 0. The van der Waals surface area contributed by atoms with Crippen molar-refractivity contribution in [3.8, 4) is 0 Å². The van der Waals surface area contributed by atoms with E-state index in [1.165, 1.54) is 6.33 Å². The van der Waals surface area contributed by atoms with Gasteiger partial charge in [0, 0.05) is 31.1 Å². The van der Waals surface area contributed by atoms with Gasteiger partial charge in [-0.05, 0) is 37.8 Å². The Labute approximate surface area is 213 Å². The summed E-state index contributed by atoms with van der Waals surface area (Å²) in [5.74, 6) is -0.584. The van der Waals surface area contributed by atoms with E-state index < -0.39 is 36.6 Å². The average molecular weight is 522 g/mol. The highest BCUT2D eigenvalue weighted by Crippen LogP contribution is 2.35. The zero-order chi connectivity index (χ0) is 26.9. The Kier molecular flexibility index (Phi) is 10.2. The van der Waals surface area contributed by atoms with Crippen LogP contribution in [0.25, 0.3) is 21.6 Å². The Morgan fingerprint density at radius 3 is 2.84 bits per heavy atom. The molecule has 16 heteroatoms. The SMILES string of the molecule is CCCN(CC[C@H](N)C(=O)O)C[C@H]1O[C@@H](n2c(NCCCCN=[N+]=[N-])nc3c(N)ncnc32)C(O)[C@H]1O. The van der Waals surface area contributed by atoms with E-state index in [-0.39, 0.29) is 18.8 Å². The summed E-state index contributed by atoms with van der Waals surface area (Å²) < 4.78 is 7.70. The molecule has 37 heavy (non-hydrogen) atoms. The van der Waals surface area contributed by atoms with Gasteiger partial charge in [0.05, 0.1) is 0 Å². The van der Waals surface area contributed by atoms with Gasteiger partial charge in [-0.3, -0.25) is 9.36 Å². The Bertz CT molecular complexity index is 1090. The molecule has 3 rings (SSSR count). The molecule has 0 radical (unpaired) electrons. The molecule has 16 nitrogen and oxygen atoms in total. The number of hydrogen-bond acceptors (Lipinski definition) is 12. The predicted molar refractivity (Wildman–Crippen MR) is 134 cm³/mol. The lowest BCUT2D eigenvalue weighted by molar-refractivity contribution is -0.138. The number of aliphatic hydroxyl groups is 2. The lowest BCUT2D eigenvalue weighted by Crippen LogP contribution is -2.42. The van der Waals surface area contributed by atoms with Gasteiger partial charge in [-0.2, -0.15) is 0 Å². The van der Waals surface area contributed by atoms with Crippen LogP contribution in [0.1, 0.15) is 38.8 Å². The van der Waals surface area contributed by atoms with Crippen molar-refractivity contribution in [2.75, 3.05) is 43.8 Å². The van der Waals surface area contributed by atoms with E-state index in [4.69, 9.17) is 26.8 Å². The molecule has 1 fully saturated rings. The molecule has 0 aliphatic carbocycles. The summed E-state index contributed by atoms with van der Waals surface area (Å²) in [6.07, 6.45) is -0.624. The fraction of sp³-hybridized carbons (Fsp3) is 0.714. The van der Waals surface area contributed by atoms with Crippen LogP contribution in [-0.4, -0.2) is 103 Å². The van der Waals surface area contributed by atoms with Gasteiger partial charge in [0.2, 0.25) is 5.95 Å². The van der Waals surface area contributed by atoms with Crippen LogP contribution >= 0.6 is 0 Å². The summed E-state index contributed by atoms with van der Waals surface area (Å²) in [6.45, 7) is 4.15. The number of fused-ring (bicyclic) bond motifs is 1. The molecule has 0 bridgehead atoms. The van der Waals surface area contributed by atoms with Crippen molar-refractivity contribution >= 4 is 28.9 Å². The maximum atomic E-state index is 11.1. The van der Waals surface area contributed by atoms with Crippen LogP contribution in [0.2, 0.25) is 0 Å². The quantitative estimate of drug-likeness (QED) is 0.0787. The van der Waals surface area contributed by atoms with Gasteiger partial charge in [0.25, 0.3) is 0 Å². The number of rotatable bonds is 15. The Balaban J connectivity index is 1.79. The molecule has 5 atom stereocenters. The molecule has 3 heterocycles. The van der Waals surface area contributed by atoms with E-state index in [9.17, 15) is 15.0 Å². The van der Waals surface area contributed by atoms with Gasteiger partial charge in [0.1, 0.15) is 30.7 Å². The number of hydrogen-bond donors (Lipinski definition) is 6. The van der Waals surface area contributed by atoms with Crippen molar-refractivity contribution in [2.24, 2.45) is 10.8 Å². The van der Waals surface area contributed by atoms with E-state index in [1.807, 2.05) is 11.8 Å². The number of nitrogens with two attached hydrogens (primary N) is 2. The Morgan fingerprint density at radius 1 is 1.35 bits per heavy atom. The second-order valence-corrected chi connectivity index (χ2v) is 8.91. The third-order valence-corrected chi connectivity index (χ3v) is 6.18. The predicted octanol–water partition coefficient (Wildman–Crippen LogP) is 0.0441. The zero-order valence-electron chi connectivity index (χ0n) is 20.7. The van der Waals surface area contributed by atoms with E-state index in [2.05, 4.69) is 30.3 Å². The number of imidazole rings is 1. The van der Waals surface area contributed by atoms with Gasteiger partial charge >= 0.3 is 5.97 Å². The number of aliphatic hydroxyl groups excluding tert-OH is 2. The van der Waals surface area contributed by atoms with Crippen LogP contribution in [0.3, 0.4) is 0 Å². The van der Waals surface area contributed by atoms with Gasteiger partial charge in [-0.1, -0.05) is 12.0 Å². The molecule has 2 aromatic rings. The van der Waals surface area contributed by atoms with E-state index >= 15 is 0 Å². The molecule has 0 amide bonds. The number of nitrogen functional groups attached to an aromatic ring is 1. The topological polar surface area (TPSA) is 247 Å². The first kappa shape index (κ1) is 28.3. The number of ether oxygens (including phenoxy) is 1. The first-order valence-corrected chi connectivity index (χ1v) is 12.2. The second kappa shape index (κ2) is 13.3. The third-order valence-electron chi connectivity index (χ3n) is 6.18. The second-order valence-electron chi connectivity index (χ2n) is 8.91. The molecule has 204 valence electrons. The highest BCUT2D eigenvalue weighted by atomic mass is 16.6. The maximum absolute atomic E-state index is 11.1. The number of nitrogens with one attached hydrogen (secondary N) is 1. The standard InChI is InChI=1S/C21H35N11O5/c1-2-8-31(9-5-12(22)20(35)36)10-13-15(33)16(34)19(37-13)32-18-14(17(23)26-11-27-18)29-21(32)25-6-3-4-7-28-30-24/h11-13,15-16,19,33-34H,2-10,22H2,1H3,(H,25,29)(H,35,36)(H2,23,26,27)/t12-,13+,15-,16?,19+/m0/s1. The Hall–Kier alpha value is -3.27. The molecule has 1 unspecified atom stereocenters. The largest absolute Gasteiger partial charge is 0.480 e. The Morgan fingerprint density at radius 2 is 2.14 bits per heavy atom. The van der Waals surface area contributed by atoms with Gasteiger partial charge in [0.15, 0.2) is 23.2 Å². The summed E-state index contributed by atoms with van der Waals surface area (Å²) in [6, 6.07) is -0.991. The number of aliphatic carboxylic acids is 1. The lowest BCUT2D eigenvalue weighted by atomic mass is 10.1. The number of anilines is 2. The molecule has 0 saturated carbocycles. The first-order valence-electron chi connectivity index (χ1n) is 12.2. The number of carboxylic acid groups (broad SMARTS) is 1. The van der Waals surface area contributed by atoms with Crippen molar-refractivity contribution in [1.29, 1.82) is 0 Å². The monoisotopic (exact) mass is 521 g/mol. The molecule has 1 aliphatic heterocycles. The zero-order valence-corrected chi connectivity index (χ0v) is 20.7. The van der Waals surface area contributed by atoms with Crippen LogP contribution in [0.5, 0.6) is 0 Å². The normalized spacial score (nSPS) is 22.3. The molecule has 0 spiro atoms. The van der Waals surface area contributed by atoms with Crippen molar-refractivity contribution in [3.63, 3.8) is 0 Å². The minimum absolute atomic E-state index is 0.156. The first-order chi connectivity index (χ1) is 17.8. The van der Waals surface area contributed by atoms with E-state index in [0.717, 1.165) is 6.42 Å². The highest BCUT2D eigenvalue weighted by Gasteiger charge is 2.45. The molecular weight excluding hydrogens is 486 g/mol. The number of aromatic nitrogens is 4. The van der Waals surface area contributed by atoms with E-state index in [1.54, 1.807) is 4.57 Å². The van der Waals surface area contributed by atoms with Crippen LogP contribution in [0, 0.1) is 0 Å². The van der Waals surface area contributed by atoms with Gasteiger partial charge < -0.3 is 41.7 Å². The molecule has 0 aromatic carbocycles. The van der Waals surface area contributed by atoms with Crippen LogP contribution in [-0.2, 0) is 9.53 Å². The minimum Gasteiger partial charge on any atom is -0.480 e. The summed E-state index contributed by atoms with van der Waals surface area (Å²) in [5.41, 5.74) is 20.7. The third kappa shape index (κ3) is 6.94. The number of carbonyl (C=O) groups is 1. The van der Waals surface area contributed by atoms with Crippen LogP contribution in [0.4, 0.5) is 11.8 Å². The van der Waals surface area contributed by atoms with Crippen molar-refractivity contribution in [1.82, 2.24) is 24.4 Å². The highest BCUT2D eigenvalue weighted by molar-refractivity contribution is 5.84. The van der Waals surface area contributed by atoms with Gasteiger partial charge in [-0.15, -0.1) is 0 Å². The molecule has 2 aromatic heterocycles. The van der Waals surface area contributed by atoms with Gasteiger partial charge in [-0.25, -0.2) is 15.0 Å². The number of unbranched alkanes of at least 4 members (excludes halogenated alkanes) is 1. The summed E-state index contributed by atoms with van der Waals surface area (Å²) in [4.78, 5) is 28.5. The van der Waals surface area contributed by atoms with Crippen molar-refractivity contribution in [2.45, 2.75) is 63.2 Å². The number of azide groups is 1. The molecular formula is C21H35N11O5. The van der Waals surface area contributed by atoms with Crippen LogP contribution < -0.4 is 16.8 Å². The smallest absolute Gasteiger partial charge is 0.320 e. The summed E-state index contributed by atoms with van der Waals surface area (Å²) >= 11 is 0. The molecule has 8 N–H and O–H groups in total. The average Bonchev–Trinajstić information content (AvgIpc) is 3.37. The molecule has 1 saturated heterocycles. The fourth-order valence-electron chi connectivity index (χ4n) is 4.25. The van der Waals surface area contributed by atoms with Crippen LogP contribution in [0.15, 0.2) is 11.4 Å². The number of carboxylic acids is 1. The minimum atomic E-state index is -1.30. The fourth-order valence-corrected chi connectivity index (χ4v) is 4.25. The molecule has 1 aliphatic rings. The van der Waals surface area contributed by atoms with Crippen molar-refractivity contribution < 1.29 is 24.9 Å².